The van der Waals surface area contributed by atoms with E-state index in [-0.39, 0.29) is 0 Å². The molecular weight excluding hydrogens is 262 g/mol. The van der Waals surface area contributed by atoms with Gasteiger partial charge in [0, 0.05) is 24.8 Å². The van der Waals surface area contributed by atoms with Crippen LogP contribution in [0.5, 0.6) is 0 Å². The lowest BCUT2D eigenvalue weighted by atomic mass is 10.2. The van der Waals surface area contributed by atoms with Crippen molar-refractivity contribution in [3.63, 3.8) is 0 Å². The number of pyridine rings is 1. The largest absolute Gasteiger partial charge is 0.370 e. The molecule has 2 heterocycles. The lowest BCUT2D eigenvalue weighted by Crippen LogP contribution is -2.17. The Bertz CT molecular complexity index is 578. The van der Waals surface area contributed by atoms with E-state index in [9.17, 15) is 0 Å². The van der Waals surface area contributed by atoms with E-state index in [4.69, 9.17) is 0 Å². The summed E-state index contributed by atoms with van der Waals surface area (Å²) in [7, 11) is 0. The van der Waals surface area contributed by atoms with Gasteiger partial charge in [-0.2, -0.15) is 4.98 Å². The summed E-state index contributed by atoms with van der Waals surface area (Å²) < 4.78 is 0. The summed E-state index contributed by atoms with van der Waals surface area (Å²) in [5.41, 5.74) is 1.72. The maximum absolute atomic E-state index is 4.62. The smallest absolute Gasteiger partial charge is 0.225 e. The van der Waals surface area contributed by atoms with Crippen LogP contribution >= 0.6 is 0 Å². The van der Waals surface area contributed by atoms with Crippen LogP contribution in [0.4, 0.5) is 11.8 Å². The van der Waals surface area contributed by atoms with Gasteiger partial charge in [-0.1, -0.05) is 18.9 Å². The first-order valence-electron chi connectivity index (χ1n) is 7.66. The van der Waals surface area contributed by atoms with Crippen molar-refractivity contribution in [1.82, 2.24) is 15.0 Å². The van der Waals surface area contributed by atoms with Crippen LogP contribution in [0.2, 0.25) is 0 Å². The van der Waals surface area contributed by atoms with E-state index in [1.165, 1.54) is 25.7 Å². The van der Waals surface area contributed by atoms with Gasteiger partial charge in [0.05, 0.1) is 11.4 Å². The molecule has 0 unspecified atom stereocenters. The molecule has 0 spiro atoms. The molecule has 5 heteroatoms. The van der Waals surface area contributed by atoms with E-state index in [2.05, 4.69) is 32.5 Å². The van der Waals surface area contributed by atoms with E-state index in [1.54, 1.807) is 6.20 Å². The van der Waals surface area contributed by atoms with E-state index in [1.807, 2.05) is 24.3 Å². The zero-order valence-electron chi connectivity index (χ0n) is 12.3. The summed E-state index contributed by atoms with van der Waals surface area (Å²) in [6.45, 7) is 2.90. The Balaban J connectivity index is 1.89. The van der Waals surface area contributed by atoms with Crippen LogP contribution in [0.1, 0.15) is 32.6 Å². The third kappa shape index (κ3) is 3.48. The Morgan fingerprint density at radius 2 is 2.00 bits per heavy atom. The van der Waals surface area contributed by atoms with Crippen molar-refractivity contribution in [1.29, 1.82) is 0 Å². The van der Waals surface area contributed by atoms with Gasteiger partial charge in [0.1, 0.15) is 5.82 Å². The van der Waals surface area contributed by atoms with Crippen molar-refractivity contribution >= 4 is 11.8 Å². The summed E-state index contributed by atoms with van der Waals surface area (Å²) in [5.74, 6) is 1.54. The molecule has 5 nitrogen and oxygen atoms in total. The fraction of sp³-hybridized carbons (Fsp3) is 0.438. The molecule has 2 N–H and O–H groups in total. The van der Waals surface area contributed by atoms with Gasteiger partial charge in [-0.3, -0.25) is 4.98 Å². The molecule has 0 bridgehead atoms. The van der Waals surface area contributed by atoms with Gasteiger partial charge in [0.15, 0.2) is 0 Å². The van der Waals surface area contributed by atoms with Gasteiger partial charge in [-0.25, -0.2) is 4.98 Å². The summed E-state index contributed by atoms with van der Waals surface area (Å²) in [6, 6.07) is 8.30. The quantitative estimate of drug-likeness (QED) is 0.881. The van der Waals surface area contributed by atoms with E-state index < -0.39 is 0 Å². The van der Waals surface area contributed by atoms with Crippen molar-refractivity contribution in [2.24, 2.45) is 0 Å². The predicted molar refractivity (Wildman–Crippen MR) is 85.3 cm³/mol. The molecule has 1 saturated carbocycles. The van der Waals surface area contributed by atoms with Crippen molar-refractivity contribution in [2.45, 2.75) is 38.6 Å². The van der Waals surface area contributed by atoms with E-state index >= 15 is 0 Å². The molecular formula is C16H21N5. The highest BCUT2D eigenvalue weighted by Crippen LogP contribution is 2.23. The molecule has 1 fully saturated rings. The van der Waals surface area contributed by atoms with Gasteiger partial charge in [0.2, 0.25) is 5.95 Å². The summed E-state index contributed by atoms with van der Waals surface area (Å²) in [5, 5.41) is 6.72. The lowest BCUT2D eigenvalue weighted by molar-refractivity contribution is 0.744. The van der Waals surface area contributed by atoms with Crippen LogP contribution in [-0.4, -0.2) is 27.5 Å². The monoisotopic (exact) mass is 283 g/mol. The zero-order chi connectivity index (χ0) is 14.5. The molecule has 0 aromatic carbocycles. The number of hydrogen-bond acceptors (Lipinski definition) is 5. The first-order chi connectivity index (χ1) is 10.3. The topological polar surface area (TPSA) is 62.7 Å². The number of anilines is 2. The minimum atomic E-state index is 0.499. The fourth-order valence-corrected chi connectivity index (χ4v) is 2.68. The second-order valence-corrected chi connectivity index (χ2v) is 5.33. The molecule has 1 aliphatic carbocycles. The molecule has 0 aliphatic heterocycles. The highest BCUT2D eigenvalue weighted by molar-refractivity contribution is 5.60. The standard InChI is InChI=1S/C16H21N5/c1-2-17-15-11-14(13-9-5-6-10-18-13)20-16(21-15)19-12-7-3-4-8-12/h5-6,9-12H,2-4,7-8H2,1H3,(H2,17,19,20,21). The molecule has 2 aromatic rings. The average Bonchev–Trinajstić information content (AvgIpc) is 3.01. The normalized spacial score (nSPS) is 15.1. The highest BCUT2D eigenvalue weighted by Gasteiger charge is 2.16. The van der Waals surface area contributed by atoms with Crippen LogP contribution in [0.25, 0.3) is 11.4 Å². The molecule has 110 valence electrons. The van der Waals surface area contributed by atoms with Crippen LogP contribution in [-0.2, 0) is 0 Å². The SMILES string of the molecule is CCNc1cc(-c2ccccn2)nc(NC2CCCC2)n1. The third-order valence-corrected chi connectivity index (χ3v) is 3.70. The third-order valence-electron chi connectivity index (χ3n) is 3.70. The summed E-state index contributed by atoms with van der Waals surface area (Å²) in [4.78, 5) is 13.6. The van der Waals surface area contributed by atoms with Crippen molar-refractivity contribution in [3.05, 3.63) is 30.5 Å². The molecule has 0 saturated heterocycles. The van der Waals surface area contributed by atoms with Crippen molar-refractivity contribution in [3.8, 4) is 11.4 Å². The summed E-state index contributed by atoms with van der Waals surface area (Å²) >= 11 is 0. The Morgan fingerprint density at radius 1 is 1.14 bits per heavy atom. The van der Waals surface area contributed by atoms with Crippen LogP contribution in [0, 0.1) is 0 Å². The molecule has 3 rings (SSSR count). The molecule has 2 aromatic heterocycles. The lowest BCUT2D eigenvalue weighted by Gasteiger charge is -2.14. The molecule has 21 heavy (non-hydrogen) atoms. The van der Waals surface area contributed by atoms with Crippen molar-refractivity contribution < 1.29 is 0 Å². The minimum Gasteiger partial charge on any atom is -0.370 e. The molecule has 1 aliphatic rings. The highest BCUT2D eigenvalue weighted by atomic mass is 15.2. The Labute approximate surface area is 125 Å². The van der Waals surface area contributed by atoms with E-state index in [0.29, 0.717) is 12.0 Å². The zero-order valence-corrected chi connectivity index (χ0v) is 12.3. The number of nitrogens with zero attached hydrogens (tertiary/aromatic N) is 3. The first-order valence-corrected chi connectivity index (χ1v) is 7.66. The maximum Gasteiger partial charge on any atom is 0.225 e. The fourth-order valence-electron chi connectivity index (χ4n) is 2.68. The Kier molecular flexibility index (Phi) is 4.28. The molecule has 0 amide bonds. The average molecular weight is 283 g/mol. The summed E-state index contributed by atoms with van der Waals surface area (Å²) in [6.07, 6.45) is 6.77. The van der Waals surface area contributed by atoms with Crippen LogP contribution in [0.15, 0.2) is 30.5 Å². The number of aromatic nitrogens is 3. The van der Waals surface area contributed by atoms with Crippen molar-refractivity contribution in [2.75, 3.05) is 17.2 Å². The number of nitrogens with one attached hydrogen (secondary N) is 2. The molecule has 0 atom stereocenters. The van der Waals surface area contributed by atoms with E-state index in [0.717, 1.165) is 23.8 Å². The number of hydrogen-bond donors (Lipinski definition) is 2. The van der Waals surface area contributed by atoms with Gasteiger partial charge in [-0.05, 0) is 31.9 Å². The second kappa shape index (κ2) is 6.52. The molecule has 0 radical (unpaired) electrons. The maximum atomic E-state index is 4.62. The minimum absolute atomic E-state index is 0.499. The first kappa shape index (κ1) is 13.8. The Hall–Kier alpha value is -2.17. The second-order valence-electron chi connectivity index (χ2n) is 5.33. The number of rotatable bonds is 5. The van der Waals surface area contributed by atoms with Crippen LogP contribution < -0.4 is 10.6 Å². The predicted octanol–water partition coefficient (Wildman–Crippen LogP) is 3.32. The van der Waals surface area contributed by atoms with Gasteiger partial charge in [-0.15, -0.1) is 0 Å². The van der Waals surface area contributed by atoms with Gasteiger partial charge >= 0.3 is 0 Å². The van der Waals surface area contributed by atoms with Gasteiger partial charge in [0.25, 0.3) is 0 Å². The van der Waals surface area contributed by atoms with Gasteiger partial charge < -0.3 is 10.6 Å². The Morgan fingerprint density at radius 3 is 2.71 bits per heavy atom. The van der Waals surface area contributed by atoms with Crippen LogP contribution in [0.3, 0.4) is 0 Å².